The number of nitrogens with zero attached hydrogens (tertiary/aromatic N) is 2. The van der Waals surface area contributed by atoms with E-state index in [0.29, 0.717) is 19.6 Å². The van der Waals surface area contributed by atoms with Crippen molar-refractivity contribution in [3.63, 3.8) is 0 Å². The van der Waals surface area contributed by atoms with Crippen LogP contribution in [-0.4, -0.2) is 60.6 Å². The minimum atomic E-state index is -0.342. The molecule has 0 bridgehead atoms. The number of likely N-dealkylation sites (N-methyl/N-ethyl adjacent to an activating group) is 1. The van der Waals surface area contributed by atoms with Crippen LogP contribution in [0.15, 0.2) is 30.3 Å². The highest BCUT2D eigenvalue weighted by Gasteiger charge is 2.49. The Bertz CT molecular complexity index is 649. The molecular formula is C20H29N3O3. The zero-order chi connectivity index (χ0) is 18.7. The summed E-state index contributed by atoms with van der Waals surface area (Å²) in [7, 11) is 3.53. The summed E-state index contributed by atoms with van der Waals surface area (Å²) < 4.78 is 6.23. The first kappa shape index (κ1) is 18.7. The second-order valence-electron chi connectivity index (χ2n) is 7.68. The Morgan fingerprint density at radius 1 is 1.27 bits per heavy atom. The van der Waals surface area contributed by atoms with Gasteiger partial charge in [-0.3, -0.25) is 4.79 Å². The van der Waals surface area contributed by atoms with E-state index in [1.54, 1.807) is 19.0 Å². The minimum Gasteiger partial charge on any atom is -0.362 e. The van der Waals surface area contributed by atoms with Crippen LogP contribution in [0.4, 0.5) is 4.79 Å². The summed E-state index contributed by atoms with van der Waals surface area (Å²) >= 11 is 0. The maximum absolute atomic E-state index is 12.5. The predicted octanol–water partition coefficient (Wildman–Crippen LogP) is 2.24. The number of benzene rings is 1. The number of hydrogen-bond acceptors (Lipinski definition) is 3. The van der Waals surface area contributed by atoms with E-state index in [0.717, 1.165) is 24.8 Å². The molecule has 2 saturated heterocycles. The van der Waals surface area contributed by atoms with Crippen molar-refractivity contribution in [2.75, 3.05) is 27.2 Å². The van der Waals surface area contributed by atoms with E-state index in [1.807, 2.05) is 35.2 Å². The van der Waals surface area contributed by atoms with Crippen molar-refractivity contribution in [1.29, 1.82) is 0 Å². The summed E-state index contributed by atoms with van der Waals surface area (Å²) in [6.45, 7) is 3.97. The fourth-order valence-corrected chi connectivity index (χ4v) is 4.01. The summed E-state index contributed by atoms with van der Waals surface area (Å²) in [4.78, 5) is 28.2. The molecule has 0 aromatic heterocycles. The molecule has 2 aliphatic rings. The number of carbonyl (C=O) groups is 2. The average Bonchev–Trinajstić information content (AvgIpc) is 3.07. The first-order valence-corrected chi connectivity index (χ1v) is 9.37. The molecule has 1 aromatic carbocycles. The third kappa shape index (κ3) is 3.85. The lowest BCUT2D eigenvalue weighted by molar-refractivity contribution is -0.153. The molecule has 3 atom stereocenters. The number of urea groups is 1. The number of piperidine rings is 1. The molecule has 0 aliphatic carbocycles. The molecule has 142 valence electrons. The van der Waals surface area contributed by atoms with E-state index in [-0.39, 0.29) is 29.6 Å². The molecule has 1 spiro atoms. The molecule has 2 fully saturated rings. The highest BCUT2D eigenvalue weighted by atomic mass is 16.5. The van der Waals surface area contributed by atoms with Crippen LogP contribution in [0.5, 0.6) is 0 Å². The highest BCUT2D eigenvalue weighted by molar-refractivity contribution is 5.80. The molecule has 2 heterocycles. The lowest BCUT2D eigenvalue weighted by Crippen LogP contribution is -2.54. The molecule has 6 heteroatoms. The van der Waals surface area contributed by atoms with Crippen molar-refractivity contribution >= 4 is 11.9 Å². The molecule has 2 aliphatic heterocycles. The Labute approximate surface area is 155 Å². The summed E-state index contributed by atoms with van der Waals surface area (Å²) in [6, 6.07) is 9.88. The Hall–Kier alpha value is -2.08. The number of rotatable bonds is 3. The molecular weight excluding hydrogens is 330 g/mol. The van der Waals surface area contributed by atoms with Gasteiger partial charge in [-0.2, -0.15) is 0 Å². The van der Waals surface area contributed by atoms with Gasteiger partial charge in [0.1, 0.15) is 6.10 Å². The number of nitrogens with one attached hydrogen (secondary N) is 1. The number of likely N-dealkylation sites (tertiary alicyclic amines) is 1. The third-order valence-corrected chi connectivity index (χ3v) is 5.69. The van der Waals surface area contributed by atoms with Crippen molar-refractivity contribution in [3.8, 4) is 0 Å². The molecule has 0 radical (unpaired) electrons. The Morgan fingerprint density at radius 3 is 2.65 bits per heavy atom. The van der Waals surface area contributed by atoms with Crippen molar-refractivity contribution in [2.45, 2.75) is 44.4 Å². The molecule has 1 N–H and O–H groups in total. The van der Waals surface area contributed by atoms with E-state index in [4.69, 9.17) is 4.74 Å². The Balaban J connectivity index is 1.53. The van der Waals surface area contributed by atoms with Gasteiger partial charge < -0.3 is 19.9 Å². The fraction of sp³-hybridized carbons (Fsp3) is 0.600. The summed E-state index contributed by atoms with van der Waals surface area (Å²) in [5, 5.41) is 3.00. The molecule has 3 rings (SSSR count). The maximum atomic E-state index is 12.5. The van der Waals surface area contributed by atoms with Gasteiger partial charge in [0, 0.05) is 39.6 Å². The van der Waals surface area contributed by atoms with Gasteiger partial charge in [-0.05, 0) is 24.8 Å². The van der Waals surface area contributed by atoms with E-state index < -0.39 is 0 Å². The van der Waals surface area contributed by atoms with Gasteiger partial charge in [0.2, 0.25) is 0 Å². The van der Waals surface area contributed by atoms with Gasteiger partial charge in [0.05, 0.1) is 5.60 Å². The van der Waals surface area contributed by atoms with Gasteiger partial charge in [-0.1, -0.05) is 37.3 Å². The molecule has 0 saturated carbocycles. The number of ether oxygens (including phenoxy) is 1. The molecule has 3 unspecified atom stereocenters. The average molecular weight is 359 g/mol. The van der Waals surface area contributed by atoms with Crippen LogP contribution in [0, 0.1) is 5.92 Å². The molecule has 26 heavy (non-hydrogen) atoms. The highest BCUT2D eigenvalue weighted by Crippen LogP contribution is 2.42. The van der Waals surface area contributed by atoms with Crippen molar-refractivity contribution in [2.24, 2.45) is 5.92 Å². The number of hydrogen-bond donors (Lipinski definition) is 1. The summed E-state index contributed by atoms with van der Waals surface area (Å²) in [5.41, 5.74) is 0.818. The van der Waals surface area contributed by atoms with E-state index >= 15 is 0 Å². The van der Waals surface area contributed by atoms with Crippen LogP contribution >= 0.6 is 0 Å². The van der Waals surface area contributed by atoms with Crippen LogP contribution < -0.4 is 5.32 Å². The fourth-order valence-electron chi connectivity index (χ4n) is 4.01. The summed E-state index contributed by atoms with van der Waals surface area (Å²) in [5.74, 6) is 0.246. The SMILES string of the molecule is CC1CN(C(=O)NCc2ccccc2)CCC12CCC(C(=O)N(C)C)O2. The first-order chi connectivity index (χ1) is 12.4. The molecule has 6 nitrogen and oxygen atoms in total. The van der Waals surface area contributed by atoms with Crippen LogP contribution in [-0.2, 0) is 16.1 Å². The predicted molar refractivity (Wildman–Crippen MR) is 99.6 cm³/mol. The van der Waals surface area contributed by atoms with Gasteiger partial charge in [0.15, 0.2) is 0 Å². The Kier molecular flexibility index (Phi) is 5.51. The number of carbonyl (C=O) groups excluding carboxylic acids is 2. The second kappa shape index (κ2) is 7.66. The van der Waals surface area contributed by atoms with Gasteiger partial charge in [-0.15, -0.1) is 0 Å². The number of amides is 3. The maximum Gasteiger partial charge on any atom is 0.317 e. The van der Waals surface area contributed by atoms with E-state index in [9.17, 15) is 9.59 Å². The second-order valence-corrected chi connectivity index (χ2v) is 7.68. The monoisotopic (exact) mass is 359 g/mol. The summed E-state index contributed by atoms with van der Waals surface area (Å²) in [6.07, 6.45) is 2.09. The van der Waals surface area contributed by atoms with Gasteiger partial charge in [-0.25, -0.2) is 4.79 Å². The van der Waals surface area contributed by atoms with Crippen LogP contribution in [0.2, 0.25) is 0 Å². The standard InChI is InChI=1S/C20H29N3O3/c1-15-14-23(19(25)21-13-16-7-5-4-6-8-16)12-11-20(15)10-9-17(26-20)18(24)22(2)3/h4-8,15,17H,9-14H2,1-3H3,(H,21,25). The van der Waals surface area contributed by atoms with E-state index in [2.05, 4.69) is 12.2 Å². The Morgan fingerprint density at radius 2 is 2.00 bits per heavy atom. The van der Waals surface area contributed by atoms with Crippen molar-refractivity contribution in [1.82, 2.24) is 15.1 Å². The minimum absolute atomic E-state index is 0.0329. The smallest absolute Gasteiger partial charge is 0.317 e. The zero-order valence-electron chi connectivity index (χ0n) is 15.9. The topological polar surface area (TPSA) is 61.9 Å². The quantitative estimate of drug-likeness (QED) is 0.900. The van der Waals surface area contributed by atoms with Crippen molar-refractivity contribution < 1.29 is 14.3 Å². The normalized spacial score (nSPS) is 28.2. The molecule has 1 aromatic rings. The first-order valence-electron chi connectivity index (χ1n) is 9.37. The van der Waals surface area contributed by atoms with Gasteiger partial charge in [0.25, 0.3) is 5.91 Å². The van der Waals surface area contributed by atoms with Crippen molar-refractivity contribution in [3.05, 3.63) is 35.9 Å². The lowest BCUT2D eigenvalue weighted by Gasteiger charge is -2.44. The zero-order valence-corrected chi connectivity index (χ0v) is 15.9. The third-order valence-electron chi connectivity index (χ3n) is 5.69. The van der Waals surface area contributed by atoms with Crippen LogP contribution in [0.1, 0.15) is 31.7 Å². The van der Waals surface area contributed by atoms with E-state index in [1.165, 1.54) is 0 Å². The van der Waals surface area contributed by atoms with Crippen LogP contribution in [0.3, 0.4) is 0 Å². The lowest BCUT2D eigenvalue weighted by atomic mass is 9.80. The van der Waals surface area contributed by atoms with Crippen LogP contribution in [0.25, 0.3) is 0 Å². The largest absolute Gasteiger partial charge is 0.362 e. The molecule has 3 amide bonds. The van der Waals surface area contributed by atoms with Gasteiger partial charge >= 0.3 is 6.03 Å².